The molecule has 1 atom stereocenters. The molecule has 8 heteroatoms. The summed E-state index contributed by atoms with van der Waals surface area (Å²) in [6.07, 6.45) is 4.26. The van der Waals surface area contributed by atoms with Gasteiger partial charge in [-0.05, 0) is 6.92 Å². The van der Waals surface area contributed by atoms with Crippen LogP contribution in [0.4, 0.5) is 5.82 Å². The minimum Gasteiger partial charge on any atom is -0.368 e. The van der Waals surface area contributed by atoms with Gasteiger partial charge in [0.25, 0.3) is 5.91 Å². The zero-order valence-electron chi connectivity index (χ0n) is 14.0. The Morgan fingerprint density at radius 3 is 2.88 bits per heavy atom. The van der Waals surface area contributed by atoms with Crippen molar-refractivity contribution >= 4 is 11.7 Å². The number of aryl methyl sites for hydroxylation is 1. The van der Waals surface area contributed by atoms with Gasteiger partial charge in [0.05, 0.1) is 25.0 Å². The summed E-state index contributed by atoms with van der Waals surface area (Å²) in [5.74, 6) is 1.35. The first-order valence-corrected chi connectivity index (χ1v) is 7.74. The predicted octanol–water partition coefficient (Wildman–Crippen LogP) is 0.855. The van der Waals surface area contributed by atoms with Gasteiger partial charge in [-0.25, -0.2) is 15.0 Å². The fraction of sp³-hybridized carbons (Fsp3) is 0.438. The lowest BCUT2D eigenvalue weighted by molar-refractivity contribution is -0.0250. The number of hydrogen-bond donors (Lipinski definition) is 0. The van der Waals surface area contributed by atoms with E-state index in [1.165, 1.54) is 12.4 Å². The smallest absolute Gasteiger partial charge is 0.274 e. The molecule has 0 aromatic carbocycles. The van der Waals surface area contributed by atoms with Gasteiger partial charge in [0, 0.05) is 39.1 Å². The molecule has 2 aromatic rings. The van der Waals surface area contributed by atoms with Gasteiger partial charge in [-0.3, -0.25) is 9.78 Å². The number of carbonyl (C=O) groups excluding carboxylic acids is 1. The monoisotopic (exact) mass is 328 g/mol. The average molecular weight is 328 g/mol. The van der Waals surface area contributed by atoms with Gasteiger partial charge in [0.2, 0.25) is 0 Å². The third-order valence-corrected chi connectivity index (χ3v) is 3.77. The topological polar surface area (TPSA) is 84.3 Å². The molecule has 1 fully saturated rings. The molecule has 3 rings (SSSR count). The van der Waals surface area contributed by atoms with Crippen molar-refractivity contribution in [2.75, 3.05) is 38.7 Å². The average Bonchev–Trinajstić information content (AvgIpc) is 2.61. The van der Waals surface area contributed by atoms with E-state index in [1.54, 1.807) is 11.1 Å². The number of morpholine rings is 1. The number of rotatable bonds is 3. The molecule has 1 aliphatic heterocycles. The summed E-state index contributed by atoms with van der Waals surface area (Å²) in [7, 11) is 3.86. The van der Waals surface area contributed by atoms with Crippen LogP contribution in [0.3, 0.4) is 0 Å². The Kier molecular flexibility index (Phi) is 4.66. The van der Waals surface area contributed by atoms with E-state index in [1.807, 2.05) is 32.0 Å². The molecule has 1 amide bonds. The highest BCUT2D eigenvalue weighted by atomic mass is 16.5. The molecule has 0 unspecified atom stereocenters. The molecule has 0 bridgehead atoms. The van der Waals surface area contributed by atoms with E-state index in [9.17, 15) is 4.79 Å². The van der Waals surface area contributed by atoms with Crippen molar-refractivity contribution in [1.29, 1.82) is 0 Å². The molecule has 3 heterocycles. The number of nitrogens with zero attached hydrogens (tertiary/aromatic N) is 6. The van der Waals surface area contributed by atoms with Gasteiger partial charge in [0.15, 0.2) is 0 Å². The molecule has 1 saturated heterocycles. The minimum atomic E-state index is -0.278. The Balaban J connectivity index is 1.80. The lowest BCUT2D eigenvalue weighted by atomic mass is 10.2. The number of carbonyl (C=O) groups is 1. The van der Waals surface area contributed by atoms with Gasteiger partial charge in [0.1, 0.15) is 23.4 Å². The number of aromatic nitrogens is 4. The molecule has 0 saturated carbocycles. The van der Waals surface area contributed by atoms with Crippen LogP contribution in [0.2, 0.25) is 0 Å². The molecule has 24 heavy (non-hydrogen) atoms. The van der Waals surface area contributed by atoms with E-state index >= 15 is 0 Å². The van der Waals surface area contributed by atoms with E-state index in [-0.39, 0.29) is 12.0 Å². The largest absolute Gasteiger partial charge is 0.368 e. The summed E-state index contributed by atoms with van der Waals surface area (Å²) in [6, 6.07) is 1.90. The van der Waals surface area contributed by atoms with E-state index in [4.69, 9.17) is 4.74 Å². The van der Waals surface area contributed by atoms with Crippen molar-refractivity contribution in [2.24, 2.45) is 0 Å². The first-order valence-electron chi connectivity index (χ1n) is 7.74. The van der Waals surface area contributed by atoms with Crippen LogP contribution in [0.15, 0.2) is 24.7 Å². The van der Waals surface area contributed by atoms with Crippen molar-refractivity contribution < 1.29 is 9.53 Å². The summed E-state index contributed by atoms with van der Waals surface area (Å²) < 4.78 is 5.83. The number of ether oxygens (including phenoxy) is 1. The Hall–Kier alpha value is -2.61. The second kappa shape index (κ2) is 6.88. The van der Waals surface area contributed by atoms with Crippen molar-refractivity contribution in [1.82, 2.24) is 24.8 Å². The summed E-state index contributed by atoms with van der Waals surface area (Å²) >= 11 is 0. The van der Waals surface area contributed by atoms with E-state index in [2.05, 4.69) is 19.9 Å². The molecule has 2 aromatic heterocycles. The number of amides is 1. The zero-order valence-corrected chi connectivity index (χ0v) is 14.0. The Labute approximate surface area is 140 Å². The maximum absolute atomic E-state index is 12.5. The fourth-order valence-electron chi connectivity index (χ4n) is 2.55. The highest BCUT2D eigenvalue weighted by Gasteiger charge is 2.28. The molecule has 0 N–H and O–H groups in total. The van der Waals surface area contributed by atoms with E-state index < -0.39 is 0 Å². The molecule has 0 aliphatic carbocycles. The van der Waals surface area contributed by atoms with Crippen LogP contribution in [-0.2, 0) is 4.74 Å². The van der Waals surface area contributed by atoms with Crippen LogP contribution in [0.5, 0.6) is 0 Å². The third-order valence-electron chi connectivity index (χ3n) is 3.77. The Bertz CT molecular complexity index is 722. The second-order valence-electron chi connectivity index (χ2n) is 5.79. The standard InChI is InChI=1S/C16H20N6O2/c1-11-19-12(8-15(20-11)21(2)3)14-10-22(6-7-24-14)16(23)13-9-17-4-5-18-13/h4-5,8-9,14H,6-7,10H2,1-3H3/t14-/m0/s1. The summed E-state index contributed by atoms with van der Waals surface area (Å²) in [6.45, 7) is 3.26. The molecular weight excluding hydrogens is 308 g/mol. The van der Waals surface area contributed by atoms with Crippen LogP contribution in [0, 0.1) is 6.92 Å². The first kappa shape index (κ1) is 16.3. The quantitative estimate of drug-likeness (QED) is 0.826. The lowest BCUT2D eigenvalue weighted by Gasteiger charge is -2.32. The van der Waals surface area contributed by atoms with Crippen molar-refractivity contribution in [3.05, 3.63) is 41.9 Å². The SMILES string of the molecule is Cc1nc([C@@H]2CN(C(=O)c3cnccn3)CCO2)cc(N(C)C)n1. The summed E-state index contributed by atoms with van der Waals surface area (Å²) in [5.41, 5.74) is 1.12. The highest BCUT2D eigenvalue weighted by molar-refractivity contribution is 5.92. The molecule has 0 spiro atoms. The third kappa shape index (κ3) is 3.48. The highest BCUT2D eigenvalue weighted by Crippen LogP contribution is 2.24. The maximum atomic E-state index is 12.5. The molecule has 1 aliphatic rings. The second-order valence-corrected chi connectivity index (χ2v) is 5.79. The summed E-state index contributed by atoms with van der Waals surface area (Å²) in [5, 5.41) is 0. The van der Waals surface area contributed by atoms with Gasteiger partial charge >= 0.3 is 0 Å². The molecular formula is C16H20N6O2. The summed E-state index contributed by atoms with van der Waals surface area (Å²) in [4.78, 5) is 33.1. The van der Waals surface area contributed by atoms with E-state index in [0.717, 1.165) is 11.5 Å². The van der Waals surface area contributed by atoms with Crippen molar-refractivity contribution in [3.63, 3.8) is 0 Å². The predicted molar refractivity (Wildman–Crippen MR) is 87.7 cm³/mol. The zero-order chi connectivity index (χ0) is 17.1. The van der Waals surface area contributed by atoms with Gasteiger partial charge in [-0.15, -0.1) is 0 Å². The number of hydrogen-bond acceptors (Lipinski definition) is 7. The van der Waals surface area contributed by atoms with Crippen LogP contribution in [0.1, 0.15) is 28.1 Å². The Morgan fingerprint density at radius 1 is 1.33 bits per heavy atom. The van der Waals surface area contributed by atoms with Crippen LogP contribution in [-0.4, -0.2) is 64.5 Å². The van der Waals surface area contributed by atoms with Crippen molar-refractivity contribution in [3.8, 4) is 0 Å². The van der Waals surface area contributed by atoms with Crippen LogP contribution < -0.4 is 4.90 Å². The van der Waals surface area contributed by atoms with Crippen LogP contribution in [0.25, 0.3) is 0 Å². The normalized spacial score (nSPS) is 17.6. The van der Waals surface area contributed by atoms with E-state index in [0.29, 0.717) is 31.2 Å². The lowest BCUT2D eigenvalue weighted by Crippen LogP contribution is -2.42. The van der Waals surface area contributed by atoms with Gasteiger partial charge in [-0.2, -0.15) is 0 Å². The fourth-order valence-corrected chi connectivity index (χ4v) is 2.55. The molecule has 8 nitrogen and oxygen atoms in total. The molecule has 0 radical (unpaired) electrons. The first-order chi connectivity index (χ1) is 11.5. The van der Waals surface area contributed by atoms with Crippen LogP contribution >= 0.6 is 0 Å². The van der Waals surface area contributed by atoms with Crippen molar-refractivity contribution in [2.45, 2.75) is 13.0 Å². The Morgan fingerprint density at radius 2 is 2.17 bits per heavy atom. The molecule has 126 valence electrons. The number of anilines is 1. The van der Waals surface area contributed by atoms with Gasteiger partial charge in [-0.1, -0.05) is 0 Å². The minimum absolute atomic E-state index is 0.144. The maximum Gasteiger partial charge on any atom is 0.274 e. The van der Waals surface area contributed by atoms with Gasteiger partial charge < -0.3 is 14.5 Å².